The first-order chi connectivity index (χ1) is 15.0. The number of anilines is 1. The Morgan fingerprint density at radius 3 is 2.71 bits per heavy atom. The van der Waals surface area contributed by atoms with Crippen molar-refractivity contribution >= 4 is 41.0 Å². The molecule has 4 aliphatic rings. The zero-order chi connectivity index (χ0) is 21.7. The average molecular weight is 446 g/mol. The molecule has 0 N–H and O–H groups in total. The molecule has 5 rings (SSSR count). The summed E-state index contributed by atoms with van der Waals surface area (Å²) in [6, 6.07) is 5.02. The molecule has 0 radical (unpaired) electrons. The summed E-state index contributed by atoms with van der Waals surface area (Å²) in [5, 5.41) is 0.692. The van der Waals surface area contributed by atoms with E-state index >= 15 is 0 Å². The maximum Gasteiger partial charge on any atom is 0.397 e. The molecule has 2 fully saturated rings. The first-order valence-electron chi connectivity index (χ1n) is 10.6. The fraction of sp³-hybridized carbons (Fsp3) is 0.524. The van der Waals surface area contributed by atoms with Crippen LogP contribution in [-0.4, -0.2) is 109 Å². The van der Waals surface area contributed by atoms with Gasteiger partial charge in [-0.25, -0.2) is 14.3 Å². The van der Waals surface area contributed by atoms with E-state index in [9.17, 15) is 9.59 Å². The highest BCUT2D eigenvalue weighted by atomic mass is 35.5. The summed E-state index contributed by atoms with van der Waals surface area (Å²) >= 11 is 6.33. The van der Waals surface area contributed by atoms with Gasteiger partial charge in [0.15, 0.2) is 0 Å². The van der Waals surface area contributed by atoms with E-state index < -0.39 is 6.04 Å². The van der Waals surface area contributed by atoms with Gasteiger partial charge in [0.1, 0.15) is 12.2 Å². The van der Waals surface area contributed by atoms with Crippen LogP contribution >= 0.6 is 11.6 Å². The second kappa shape index (κ2) is 7.89. The SMILES string of the molecule is Cc1ccc(N2CC[N+]3=C2N=C2C3C(=O)N(CCN3CCOCC3)C(=O)N2C)cc1Cl. The van der Waals surface area contributed by atoms with E-state index in [4.69, 9.17) is 21.3 Å². The van der Waals surface area contributed by atoms with Crippen molar-refractivity contribution < 1.29 is 18.9 Å². The van der Waals surface area contributed by atoms with E-state index in [1.54, 1.807) is 7.05 Å². The monoisotopic (exact) mass is 445 g/mol. The molecule has 10 heteroatoms. The van der Waals surface area contributed by atoms with Gasteiger partial charge >= 0.3 is 12.0 Å². The highest BCUT2D eigenvalue weighted by molar-refractivity contribution is 6.31. The molecule has 0 saturated carbocycles. The Labute approximate surface area is 186 Å². The van der Waals surface area contributed by atoms with Crippen molar-refractivity contribution in [2.75, 3.05) is 64.4 Å². The zero-order valence-electron chi connectivity index (χ0n) is 17.8. The lowest BCUT2D eigenvalue weighted by molar-refractivity contribution is -0.525. The van der Waals surface area contributed by atoms with Gasteiger partial charge in [0.2, 0.25) is 11.9 Å². The third kappa shape index (κ3) is 3.40. The van der Waals surface area contributed by atoms with E-state index in [0.717, 1.165) is 24.3 Å². The van der Waals surface area contributed by atoms with Gasteiger partial charge in [0, 0.05) is 38.2 Å². The molecule has 1 unspecified atom stereocenters. The lowest BCUT2D eigenvalue weighted by atomic mass is 10.1. The Bertz CT molecular complexity index is 1000. The first kappa shape index (κ1) is 20.4. The summed E-state index contributed by atoms with van der Waals surface area (Å²) in [4.78, 5) is 38.2. The Morgan fingerprint density at radius 1 is 1.19 bits per heavy atom. The number of nitrogens with zero attached hydrogens (tertiary/aromatic N) is 6. The van der Waals surface area contributed by atoms with Gasteiger partial charge in [0.05, 0.1) is 19.8 Å². The number of fused-ring (bicyclic) bond motifs is 2. The molecule has 3 amide bonds. The minimum absolute atomic E-state index is 0.200. The number of aliphatic imine (C=N–C) groups is 1. The molecule has 0 aliphatic carbocycles. The second-order valence-electron chi connectivity index (χ2n) is 8.24. The van der Waals surface area contributed by atoms with Crippen LogP contribution in [0.4, 0.5) is 10.5 Å². The molecule has 0 bridgehead atoms. The van der Waals surface area contributed by atoms with Gasteiger partial charge in [-0.2, -0.15) is 0 Å². The summed E-state index contributed by atoms with van der Waals surface area (Å²) < 4.78 is 7.38. The van der Waals surface area contributed by atoms with E-state index in [0.29, 0.717) is 56.2 Å². The number of urea groups is 1. The van der Waals surface area contributed by atoms with Gasteiger partial charge < -0.3 is 4.74 Å². The highest BCUT2D eigenvalue weighted by Gasteiger charge is 2.55. The summed E-state index contributed by atoms with van der Waals surface area (Å²) in [6.07, 6.45) is 0. The minimum atomic E-state index is -0.562. The predicted molar refractivity (Wildman–Crippen MR) is 117 cm³/mol. The molecule has 164 valence electrons. The largest absolute Gasteiger partial charge is 0.397 e. The predicted octanol–water partition coefficient (Wildman–Crippen LogP) is 0.844. The molecule has 9 nitrogen and oxygen atoms in total. The number of amides is 3. The summed E-state index contributed by atoms with van der Waals surface area (Å²) in [5.41, 5.74) is 1.94. The smallest absolute Gasteiger partial charge is 0.379 e. The van der Waals surface area contributed by atoms with Crippen molar-refractivity contribution in [1.82, 2.24) is 14.7 Å². The van der Waals surface area contributed by atoms with Crippen LogP contribution in [0.25, 0.3) is 0 Å². The number of carbonyl (C=O) groups excluding carboxylic acids is 2. The third-order valence-electron chi connectivity index (χ3n) is 6.41. The summed E-state index contributed by atoms with van der Waals surface area (Å²) in [5.74, 6) is 0.993. The number of imide groups is 1. The van der Waals surface area contributed by atoms with E-state index in [1.165, 1.54) is 9.80 Å². The Balaban J connectivity index is 1.39. The van der Waals surface area contributed by atoms with Crippen LogP contribution in [0.3, 0.4) is 0 Å². The van der Waals surface area contributed by atoms with E-state index in [2.05, 4.69) is 9.80 Å². The van der Waals surface area contributed by atoms with Crippen molar-refractivity contribution in [2.24, 2.45) is 4.99 Å². The van der Waals surface area contributed by atoms with Crippen molar-refractivity contribution in [3.63, 3.8) is 0 Å². The Kier molecular flexibility index (Phi) is 5.19. The number of morpholine rings is 1. The summed E-state index contributed by atoms with van der Waals surface area (Å²) in [6.45, 7) is 7.36. The number of halogens is 1. The third-order valence-corrected chi connectivity index (χ3v) is 6.81. The van der Waals surface area contributed by atoms with Crippen LogP contribution in [0.1, 0.15) is 5.56 Å². The number of likely N-dealkylation sites (N-methyl/N-ethyl adjacent to an activating group) is 1. The number of ether oxygens (including phenoxy) is 1. The topological polar surface area (TPSA) is 71.7 Å². The van der Waals surface area contributed by atoms with Gasteiger partial charge in [-0.3, -0.25) is 19.5 Å². The molecule has 1 aromatic rings. The quantitative estimate of drug-likeness (QED) is 0.642. The summed E-state index contributed by atoms with van der Waals surface area (Å²) in [7, 11) is 1.69. The fourth-order valence-corrected chi connectivity index (χ4v) is 4.70. The standard InChI is InChI=1S/C21H26ClN6O3/c1-14-3-4-15(13-16(14)22)26-7-8-27-17-18(23-20(26)27)24(2)21(30)28(19(17)29)6-5-25-9-11-31-12-10-25/h3-4,13,17H,5-12H2,1-2H3/q+1. The number of amidine groups is 1. The number of rotatable bonds is 4. The maximum atomic E-state index is 13.4. The van der Waals surface area contributed by atoms with Crippen LogP contribution in [0.5, 0.6) is 0 Å². The number of carbonyl (C=O) groups is 2. The van der Waals surface area contributed by atoms with Crippen molar-refractivity contribution in [3.05, 3.63) is 28.8 Å². The lowest BCUT2D eigenvalue weighted by Gasteiger charge is -2.35. The minimum Gasteiger partial charge on any atom is -0.379 e. The fourth-order valence-electron chi connectivity index (χ4n) is 4.52. The number of benzene rings is 1. The van der Waals surface area contributed by atoms with Crippen LogP contribution < -0.4 is 4.90 Å². The van der Waals surface area contributed by atoms with Crippen molar-refractivity contribution in [1.29, 1.82) is 0 Å². The molecular weight excluding hydrogens is 420 g/mol. The molecule has 2 saturated heterocycles. The van der Waals surface area contributed by atoms with Crippen molar-refractivity contribution in [3.8, 4) is 0 Å². The molecule has 4 heterocycles. The molecule has 0 aromatic heterocycles. The lowest BCUT2D eigenvalue weighted by Crippen LogP contribution is -2.63. The van der Waals surface area contributed by atoms with Gasteiger partial charge in [-0.1, -0.05) is 22.7 Å². The van der Waals surface area contributed by atoms with Crippen LogP contribution in [0.2, 0.25) is 5.02 Å². The normalized spacial score (nSPS) is 24.2. The van der Waals surface area contributed by atoms with Crippen LogP contribution in [0, 0.1) is 6.92 Å². The molecular formula is C21H26ClN6O3+. The van der Waals surface area contributed by atoms with Gasteiger partial charge in [-0.15, -0.1) is 0 Å². The molecule has 1 aromatic carbocycles. The molecule has 0 spiro atoms. The van der Waals surface area contributed by atoms with Gasteiger partial charge in [-0.05, 0) is 24.6 Å². The zero-order valence-corrected chi connectivity index (χ0v) is 18.5. The number of hydrogen-bond donors (Lipinski definition) is 0. The first-order valence-corrected chi connectivity index (χ1v) is 11.0. The maximum absolute atomic E-state index is 13.4. The molecule has 31 heavy (non-hydrogen) atoms. The van der Waals surface area contributed by atoms with Crippen LogP contribution in [-0.2, 0) is 9.53 Å². The van der Waals surface area contributed by atoms with E-state index in [-0.39, 0.29) is 11.9 Å². The number of hydrogen-bond acceptors (Lipinski definition) is 6. The highest BCUT2D eigenvalue weighted by Crippen LogP contribution is 2.29. The average Bonchev–Trinajstić information content (AvgIpc) is 3.34. The van der Waals surface area contributed by atoms with Crippen LogP contribution in [0.15, 0.2) is 23.2 Å². The second-order valence-corrected chi connectivity index (χ2v) is 8.64. The van der Waals surface area contributed by atoms with Gasteiger partial charge in [0.25, 0.3) is 5.91 Å². The number of guanidine groups is 1. The van der Waals surface area contributed by atoms with Crippen molar-refractivity contribution in [2.45, 2.75) is 13.0 Å². The Hall–Kier alpha value is -2.49. The van der Waals surface area contributed by atoms with E-state index in [1.807, 2.05) is 29.7 Å². The number of aryl methyl sites for hydroxylation is 1. The molecule has 1 atom stereocenters. The Morgan fingerprint density at radius 2 is 1.97 bits per heavy atom. The molecule has 4 aliphatic heterocycles.